The molecule has 0 spiro atoms. The lowest BCUT2D eigenvalue weighted by Crippen LogP contribution is -2.22. The number of carbonyl (C=O) groups is 1. The molecule has 128 valence electrons. The molecule has 1 aliphatic rings. The van der Waals surface area contributed by atoms with Crippen molar-refractivity contribution in [1.29, 1.82) is 0 Å². The van der Waals surface area contributed by atoms with Gasteiger partial charge in [-0.05, 0) is 36.6 Å². The highest BCUT2D eigenvalue weighted by molar-refractivity contribution is 5.94. The van der Waals surface area contributed by atoms with E-state index in [1.54, 1.807) is 6.92 Å². The summed E-state index contributed by atoms with van der Waals surface area (Å²) in [5.74, 6) is 1.18. The maximum Gasteiger partial charge on any atom is 0.195 e. The minimum Gasteiger partial charge on any atom is -0.321 e. The Morgan fingerprint density at radius 3 is 2.68 bits per heavy atom. The Morgan fingerprint density at radius 1 is 1.12 bits per heavy atom. The van der Waals surface area contributed by atoms with Crippen molar-refractivity contribution < 1.29 is 4.79 Å². The van der Waals surface area contributed by atoms with E-state index in [-0.39, 0.29) is 5.78 Å². The maximum absolute atomic E-state index is 12.0. The number of likely N-dealkylation sites (tertiary alicyclic amines) is 1. The topological polar surface area (TPSA) is 38.1 Å². The summed E-state index contributed by atoms with van der Waals surface area (Å²) in [6.07, 6.45) is 1.16. The molecule has 1 saturated heterocycles. The molecule has 0 aliphatic carbocycles. The van der Waals surface area contributed by atoms with Crippen molar-refractivity contribution in [1.82, 2.24) is 14.5 Å². The van der Waals surface area contributed by atoms with Crippen LogP contribution in [0.5, 0.6) is 0 Å². The summed E-state index contributed by atoms with van der Waals surface area (Å²) < 4.78 is 2.12. The number of hydrogen-bond donors (Lipinski definition) is 0. The summed E-state index contributed by atoms with van der Waals surface area (Å²) in [6.45, 7) is 5.65. The third kappa shape index (κ3) is 3.35. The van der Waals surface area contributed by atoms with Crippen LogP contribution < -0.4 is 0 Å². The van der Waals surface area contributed by atoms with E-state index in [2.05, 4.69) is 50.8 Å². The Kier molecular flexibility index (Phi) is 4.36. The number of hydrogen-bond acceptors (Lipinski definition) is 3. The predicted molar refractivity (Wildman–Crippen MR) is 99.6 cm³/mol. The molecule has 1 aromatic heterocycles. The highest BCUT2D eigenvalue weighted by atomic mass is 16.1. The summed E-state index contributed by atoms with van der Waals surface area (Å²) in [4.78, 5) is 19.1. The minimum absolute atomic E-state index is 0.0374. The van der Waals surface area contributed by atoms with Crippen LogP contribution in [0.4, 0.5) is 0 Å². The number of imidazole rings is 1. The summed E-state index contributed by atoms with van der Waals surface area (Å²) >= 11 is 0. The molecule has 2 heterocycles. The van der Waals surface area contributed by atoms with E-state index < -0.39 is 0 Å². The molecule has 1 atom stereocenters. The zero-order chi connectivity index (χ0) is 17.2. The van der Waals surface area contributed by atoms with Gasteiger partial charge in [-0.1, -0.05) is 42.5 Å². The van der Waals surface area contributed by atoms with Gasteiger partial charge in [0.15, 0.2) is 11.6 Å². The van der Waals surface area contributed by atoms with E-state index >= 15 is 0 Å². The third-order valence-corrected chi connectivity index (χ3v) is 5.03. The number of fused-ring (bicyclic) bond motifs is 1. The van der Waals surface area contributed by atoms with Gasteiger partial charge in [-0.2, -0.15) is 0 Å². The van der Waals surface area contributed by atoms with Gasteiger partial charge in [0.25, 0.3) is 0 Å². The molecule has 4 nitrogen and oxygen atoms in total. The average Bonchev–Trinajstić information content (AvgIpc) is 3.21. The van der Waals surface area contributed by atoms with Crippen molar-refractivity contribution in [2.45, 2.75) is 26.4 Å². The molecule has 0 radical (unpaired) electrons. The van der Waals surface area contributed by atoms with Crippen LogP contribution in [0.1, 0.15) is 29.5 Å². The van der Waals surface area contributed by atoms with Gasteiger partial charge in [0.2, 0.25) is 0 Å². The van der Waals surface area contributed by atoms with Crippen molar-refractivity contribution in [2.75, 3.05) is 13.1 Å². The molecule has 4 rings (SSSR count). The van der Waals surface area contributed by atoms with Crippen LogP contribution in [0.3, 0.4) is 0 Å². The third-order valence-electron chi connectivity index (χ3n) is 5.03. The molecule has 0 amide bonds. The first-order chi connectivity index (χ1) is 12.2. The summed E-state index contributed by atoms with van der Waals surface area (Å²) in [5.41, 5.74) is 3.33. The second-order valence-electron chi connectivity index (χ2n) is 6.97. The van der Waals surface area contributed by atoms with Gasteiger partial charge in [-0.15, -0.1) is 0 Å². The fourth-order valence-corrected chi connectivity index (χ4v) is 3.83. The smallest absolute Gasteiger partial charge is 0.195 e. The number of benzene rings is 2. The number of carbonyl (C=O) groups excluding carboxylic acids is 1. The molecule has 25 heavy (non-hydrogen) atoms. The van der Waals surface area contributed by atoms with Crippen LogP contribution in [-0.4, -0.2) is 33.3 Å². The van der Waals surface area contributed by atoms with Crippen LogP contribution in [0.2, 0.25) is 0 Å². The zero-order valence-corrected chi connectivity index (χ0v) is 14.6. The van der Waals surface area contributed by atoms with Gasteiger partial charge in [0.1, 0.15) is 0 Å². The molecular formula is C21H23N3O. The van der Waals surface area contributed by atoms with E-state index in [1.165, 1.54) is 5.56 Å². The average molecular weight is 333 g/mol. The lowest BCUT2D eigenvalue weighted by atomic mass is 10.1. The number of para-hydroxylation sites is 2. The van der Waals surface area contributed by atoms with Crippen LogP contribution in [0, 0.1) is 5.92 Å². The fraction of sp³-hybridized carbons (Fsp3) is 0.333. The van der Waals surface area contributed by atoms with Crippen LogP contribution in [-0.2, 0) is 13.1 Å². The number of Topliss-reactive ketones (excluding diaryl/α,β-unsaturated/α-hetero) is 1. The molecule has 1 fully saturated rings. The summed E-state index contributed by atoms with van der Waals surface area (Å²) in [5, 5.41) is 0. The Balaban J connectivity index is 1.50. The van der Waals surface area contributed by atoms with E-state index in [0.29, 0.717) is 11.7 Å². The zero-order valence-electron chi connectivity index (χ0n) is 14.6. The van der Waals surface area contributed by atoms with E-state index in [0.717, 1.165) is 43.6 Å². The normalized spacial score (nSPS) is 18.0. The first-order valence-corrected chi connectivity index (χ1v) is 8.93. The molecule has 1 aliphatic heterocycles. The second kappa shape index (κ2) is 6.81. The van der Waals surface area contributed by atoms with Crippen LogP contribution in [0.15, 0.2) is 54.6 Å². The van der Waals surface area contributed by atoms with Gasteiger partial charge in [-0.25, -0.2) is 4.98 Å². The van der Waals surface area contributed by atoms with Crippen molar-refractivity contribution in [3.05, 3.63) is 66.0 Å². The lowest BCUT2D eigenvalue weighted by molar-refractivity contribution is 0.0999. The van der Waals surface area contributed by atoms with Gasteiger partial charge in [-0.3, -0.25) is 9.69 Å². The molecule has 0 saturated carbocycles. The molecule has 0 unspecified atom stereocenters. The Hall–Kier alpha value is -2.46. The highest BCUT2D eigenvalue weighted by Gasteiger charge is 2.25. The summed E-state index contributed by atoms with van der Waals surface area (Å²) in [6, 6.07) is 18.7. The van der Waals surface area contributed by atoms with Crippen LogP contribution in [0.25, 0.3) is 11.0 Å². The maximum atomic E-state index is 12.0. The summed E-state index contributed by atoms with van der Waals surface area (Å²) in [7, 11) is 0. The largest absolute Gasteiger partial charge is 0.321 e. The van der Waals surface area contributed by atoms with Gasteiger partial charge in [0, 0.05) is 26.6 Å². The highest BCUT2D eigenvalue weighted by Crippen LogP contribution is 2.24. The Bertz CT molecular complexity index is 885. The van der Waals surface area contributed by atoms with E-state index in [4.69, 9.17) is 0 Å². The minimum atomic E-state index is 0.0374. The number of aromatic nitrogens is 2. The van der Waals surface area contributed by atoms with Crippen molar-refractivity contribution in [3.8, 4) is 0 Å². The first kappa shape index (κ1) is 16.0. The van der Waals surface area contributed by atoms with Crippen molar-refractivity contribution in [3.63, 3.8) is 0 Å². The number of nitrogens with zero attached hydrogens (tertiary/aromatic N) is 3. The SMILES string of the molecule is CC(=O)c1nc2ccccc2n1C[C@H]1CCN(Cc2ccccc2)C1. The van der Waals surface area contributed by atoms with Crippen molar-refractivity contribution in [2.24, 2.45) is 5.92 Å². The number of ketones is 1. The molecular weight excluding hydrogens is 310 g/mol. The van der Waals surface area contributed by atoms with Crippen molar-refractivity contribution >= 4 is 16.8 Å². The van der Waals surface area contributed by atoms with Gasteiger partial charge >= 0.3 is 0 Å². The molecule has 3 aromatic rings. The monoisotopic (exact) mass is 333 g/mol. The second-order valence-corrected chi connectivity index (χ2v) is 6.97. The van der Waals surface area contributed by atoms with Gasteiger partial charge in [0.05, 0.1) is 11.0 Å². The molecule has 0 N–H and O–H groups in total. The molecule has 2 aromatic carbocycles. The molecule has 4 heteroatoms. The first-order valence-electron chi connectivity index (χ1n) is 8.93. The van der Waals surface area contributed by atoms with Gasteiger partial charge < -0.3 is 4.57 Å². The predicted octanol–water partition coefficient (Wildman–Crippen LogP) is 3.76. The van der Waals surface area contributed by atoms with E-state index in [9.17, 15) is 4.79 Å². The Morgan fingerprint density at radius 2 is 1.88 bits per heavy atom. The number of rotatable bonds is 5. The quantitative estimate of drug-likeness (QED) is 0.667. The standard InChI is InChI=1S/C21H23N3O/c1-16(25)21-22-19-9-5-6-10-20(19)24(21)15-18-11-12-23(14-18)13-17-7-3-2-4-8-17/h2-10,18H,11-15H2,1H3/t18-/m0/s1. The molecule has 0 bridgehead atoms. The van der Waals surface area contributed by atoms with Crippen LogP contribution >= 0.6 is 0 Å². The lowest BCUT2D eigenvalue weighted by Gasteiger charge is -2.17. The fourth-order valence-electron chi connectivity index (χ4n) is 3.83. The Labute approximate surface area is 148 Å². The van der Waals surface area contributed by atoms with E-state index in [1.807, 2.05) is 18.2 Å².